The van der Waals surface area contributed by atoms with Crippen LogP contribution in [0.25, 0.3) is 0 Å². The topological polar surface area (TPSA) is 78.1 Å². The number of alkyl halides is 3. The van der Waals surface area contributed by atoms with Gasteiger partial charge in [-0.1, -0.05) is 18.2 Å². The molecule has 0 bridgehead atoms. The van der Waals surface area contributed by atoms with Gasteiger partial charge in [-0.25, -0.2) is 0 Å². The van der Waals surface area contributed by atoms with Gasteiger partial charge in [0.25, 0.3) is 0 Å². The SMILES string of the molecule is N.NCC(=O)c1ccccc1C(F)(F)F. The molecule has 0 fully saturated rings. The zero-order valence-corrected chi connectivity index (χ0v) is 7.84. The lowest BCUT2D eigenvalue weighted by atomic mass is 10.0. The van der Waals surface area contributed by atoms with E-state index < -0.39 is 24.1 Å². The van der Waals surface area contributed by atoms with Crippen LogP contribution < -0.4 is 11.9 Å². The summed E-state index contributed by atoms with van der Waals surface area (Å²) in [5.41, 5.74) is 3.69. The fourth-order valence-electron chi connectivity index (χ4n) is 1.08. The van der Waals surface area contributed by atoms with E-state index in [1.165, 1.54) is 12.1 Å². The fourth-order valence-corrected chi connectivity index (χ4v) is 1.08. The number of carbonyl (C=O) groups is 1. The Morgan fingerprint density at radius 3 is 2.27 bits per heavy atom. The van der Waals surface area contributed by atoms with Crippen LogP contribution in [0.3, 0.4) is 0 Å². The van der Waals surface area contributed by atoms with Crippen LogP contribution in [0.5, 0.6) is 0 Å². The van der Waals surface area contributed by atoms with E-state index in [2.05, 4.69) is 0 Å². The van der Waals surface area contributed by atoms with Crippen molar-refractivity contribution in [2.24, 2.45) is 5.73 Å². The van der Waals surface area contributed by atoms with Gasteiger partial charge in [-0.3, -0.25) is 4.79 Å². The van der Waals surface area contributed by atoms with E-state index in [1.807, 2.05) is 0 Å². The van der Waals surface area contributed by atoms with Crippen LogP contribution in [0.1, 0.15) is 15.9 Å². The standard InChI is InChI=1S/C9H8F3NO.H3N/c10-9(11,12)7-4-2-1-3-6(7)8(14)5-13;/h1-4H,5,13H2;1H3. The third-order valence-corrected chi connectivity index (χ3v) is 1.72. The van der Waals surface area contributed by atoms with Crippen molar-refractivity contribution in [1.82, 2.24) is 6.15 Å². The molecule has 6 heteroatoms. The first-order chi connectivity index (χ1) is 6.46. The summed E-state index contributed by atoms with van der Waals surface area (Å²) >= 11 is 0. The van der Waals surface area contributed by atoms with Crippen molar-refractivity contribution in [2.75, 3.05) is 6.54 Å². The van der Waals surface area contributed by atoms with E-state index in [9.17, 15) is 18.0 Å². The Morgan fingerprint density at radius 2 is 1.80 bits per heavy atom. The van der Waals surface area contributed by atoms with Crippen molar-refractivity contribution in [3.63, 3.8) is 0 Å². The Hall–Kier alpha value is -1.40. The maximum absolute atomic E-state index is 12.4. The molecule has 0 radical (unpaired) electrons. The molecule has 0 aliphatic carbocycles. The number of ketones is 1. The molecule has 0 saturated heterocycles. The molecule has 84 valence electrons. The van der Waals surface area contributed by atoms with Gasteiger partial charge in [-0.15, -0.1) is 0 Å². The number of benzene rings is 1. The molecule has 1 rings (SSSR count). The van der Waals surface area contributed by atoms with E-state index in [-0.39, 0.29) is 11.7 Å². The van der Waals surface area contributed by atoms with Crippen LogP contribution in [0.15, 0.2) is 24.3 Å². The minimum absolute atomic E-state index is 0. The van der Waals surface area contributed by atoms with Crippen molar-refractivity contribution < 1.29 is 18.0 Å². The third kappa shape index (κ3) is 3.03. The lowest BCUT2D eigenvalue weighted by Crippen LogP contribution is -2.19. The van der Waals surface area contributed by atoms with Gasteiger partial charge in [0.15, 0.2) is 5.78 Å². The minimum atomic E-state index is -4.51. The maximum atomic E-state index is 12.4. The summed E-state index contributed by atoms with van der Waals surface area (Å²) in [6.07, 6.45) is -4.51. The number of hydrogen-bond acceptors (Lipinski definition) is 3. The summed E-state index contributed by atoms with van der Waals surface area (Å²) in [5, 5.41) is 0. The van der Waals surface area contributed by atoms with E-state index in [0.29, 0.717) is 0 Å². The highest BCUT2D eigenvalue weighted by molar-refractivity contribution is 5.98. The smallest absolute Gasteiger partial charge is 0.344 e. The molecule has 0 aliphatic heterocycles. The molecule has 0 amide bonds. The average molecular weight is 220 g/mol. The van der Waals surface area contributed by atoms with Crippen LogP contribution >= 0.6 is 0 Å². The monoisotopic (exact) mass is 220 g/mol. The first-order valence-corrected chi connectivity index (χ1v) is 3.86. The Labute approximate surface area is 84.7 Å². The van der Waals surface area contributed by atoms with Crippen molar-refractivity contribution in [1.29, 1.82) is 0 Å². The summed E-state index contributed by atoms with van der Waals surface area (Å²) in [7, 11) is 0. The van der Waals surface area contributed by atoms with Gasteiger partial charge in [-0.2, -0.15) is 13.2 Å². The highest BCUT2D eigenvalue weighted by atomic mass is 19.4. The van der Waals surface area contributed by atoms with Gasteiger partial charge in [0, 0.05) is 5.56 Å². The minimum Gasteiger partial charge on any atom is -0.344 e. The molecule has 0 atom stereocenters. The third-order valence-electron chi connectivity index (χ3n) is 1.72. The first kappa shape index (κ1) is 13.6. The Kier molecular flexibility index (Phi) is 4.44. The number of rotatable bonds is 2. The van der Waals surface area contributed by atoms with Gasteiger partial charge in [0.05, 0.1) is 12.1 Å². The van der Waals surface area contributed by atoms with E-state index in [1.54, 1.807) is 0 Å². The maximum Gasteiger partial charge on any atom is 0.417 e. The summed E-state index contributed by atoms with van der Waals surface area (Å²) in [4.78, 5) is 11.1. The Morgan fingerprint density at radius 1 is 1.27 bits per heavy atom. The zero-order valence-electron chi connectivity index (χ0n) is 7.84. The Balaban J connectivity index is 0.00000196. The van der Waals surface area contributed by atoms with Crippen LogP contribution in [0.2, 0.25) is 0 Å². The predicted octanol–water partition coefficient (Wildman–Crippen LogP) is 2.01. The molecule has 15 heavy (non-hydrogen) atoms. The number of nitrogens with two attached hydrogens (primary N) is 1. The van der Waals surface area contributed by atoms with E-state index in [4.69, 9.17) is 5.73 Å². The van der Waals surface area contributed by atoms with Crippen LogP contribution in [0, 0.1) is 0 Å². The largest absolute Gasteiger partial charge is 0.417 e. The molecule has 5 N–H and O–H groups in total. The number of hydrogen-bond donors (Lipinski definition) is 2. The second-order valence-electron chi connectivity index (χ2n) is 2.67. The van der Waals surface area contributed by atoms with Gasteiger partial charge < -0.3 is 11.9 Å². The first-order valence-electron chi connectivity index (χ1n) is 3.86. The summed E-state index contributed by atoms with van der Waals surface area (Å²) in [5.74, 6) is -0.710. The van der Waals surface area contributed by atoms with E-state index in [0.717, 1.165) is 12.1 Å². The number of carbonyl (C=O) groups excluding carboxylic acids is 1. The zero-order chi connectivity index (χ0) is 10.8. The molecule has 0 saturated carbocycles. The lowest BCUT2D eigenvalue weighted by molar-refractivity contribution is -0.137. The van der Waals surface area contributed by atoms with Gasteiger partial charge >= 0.3 is 6.18 Å². The molecular weight excluding hydrogens is 209 g/mol. The second kappa shape index (κ2) is 4.90. The molecular formula is C9H11F3N2O. The molecule has 0 aromatic heterocycles. The highest BCUT2D eigenvalue weighted by Gasteiger charge is 2.34. The molecule has 1 aromatic rings. The quantitative estimate of drug-likeness (QED) is 0.748. The lowest BCUT2D eigenvalue weighted by Gasteiger charge is -2.10. The molecule has 1 aromatic carbocycles. The summed E-state index contributed by atoms with van der Waals surface area (Å²) in [6, 6.07) is 4.59. The van der Waals surface area contributed by atoms with Crippen molar-refractivity contribution in [3.8, 4) is 0 Å². The fraction of sp³-hybridized carbons (Fsp3) is 0.222. The average Bonchev–Trinajstić information content (AvgIpc) is 2.15. The molecule has 0 heterocycles. The predicted molar refractivity (Wildman–Crippen MR) is 49.9 cm³/mol. The second-order valence-corrected chi connectivity index (χ2v) is 2.67. The highest BCUT2D eigenvalue weighted by Crippen LogP contribution is 2.31. The van der Waals surface area contributed by atoms with Crippen molar-refractivity contribution in [3.05, 3.63) is 35.4 Å². The van der Waals surface area contributed by atoms with Crippen molar-refractivity contribution in [2.45, 2.75) is 6.18 Å². The number of halogens is 3. The molecule has 0 aliphatic rings. The summed E-state index contributed by atoms with van der Waals surface area (Å²) in [6.45, 7) is -0.424. The Bertz CT molecular complexity index is 349. The van der Waals surface area contributed by atoms with Crippen LogP contribution in [0.4, 0.5) is 13.2 Å². The number of Topliss-reactive ketones (excluding diaryl/α,β-unsaturated/α-hetero) is 1. The molecule has 0 unspecified atom stereocenters. The summed E-state index contributed by atoms with van der Waals surface area (Å²) < 4.78 is 37.1. The normalized spacial score (nSPS) is 10.7. The van der Waals surface area contributed by atoms with Crippen LogP contribution in [-0.2, 0) is 6.18 Å². The van der Waals surface area contributed by atoms with Gasteiger partial charge in [0.2, 0.25) is 0 Å². The van der Waals surface area contributed by atoms with Gasteiger partial charge in [0.1, 0.15) is 0 Å². The van der Waals surface area contributed by atoms with Crippen molar-refractivity contribution >= 4 is 5.78 Å². The van der Waals surface area contributed by atoms with Gasteiger partial charge in [-0.05, 0) is 6.07 Å². The van der Waals surface area contributed by atoms with E-state index >= 15 is 0 Å². The molecule has 0 spiro atoms. The molecule has 3 nitrogen and oxygen atoms in total. The van der Waals surface area contributed by atoms with Crippen LogP contribution in [-0.4, -0.2) is 12.3 Å².